The summed E-state index contributed by atoms with van der Waals surface area (Å²) in [5, 5.41) is 2.40. The molecular weight excluding hydrogens is 186 g/mol. The zero-order valence-corrected chi connectivity index (χ0v) is 8.88. The molecule has 2 amide bonds. The molecule has 0 rings (SSSR count). The van der Waals surface area contributed by atoms with Gasteiger partial charge in [0, 0.05) is 0 Å². The molecule has 0 bridgehead atoms. The normalized spacial score (nSPS) is 12.9. The SMILES string of the molecule is COC(=O)NC(C(=O)NN)C(C)(C)C. The number of amides is 2. The standard InChI is InChI=1S/C8H17N3O3/c1-8(2,3)5(6(12)11-9)10-7(13)14-4/h5H,9H2,1-4H3,(H,10,13)(H,11,12). The van der Waals surface area contributed by atoms with Crippen molar-refractivity contribution in [2.24, 2.45) is 11.3 Å². The highest BCUT2D eigenvalue weighted by atomic mass is 16.5. The number of carbonyl (C=O) groups excluding carboxylic acids is 2. The van der Waals surface area contributed by atoms with Gasteiger partial charge >= 0.3 is 6.09 Å². The second-order valence-electron chi connectivity index (χ2n) is 3.94. The predicted molar refractivity (Wildman–Crippen MR) is 51.1 cm³/mol. The number of rotatable bonds is 2. The number of nitrogens with two attached hydrogens (primary N) is 1. The van der Waals surface area contributed by atoms with Gasteiger partial charge in [-0.15, -0.1) is 0 Å². The number of methoxy groups -OCH3 is 1. The number of alkyl carbamates (subject to hydrolysis) is 1. The molecule has 6 nitrogen and oxygen atoms in total. The van der Waals surface area contributed by atoms with Gasteiger partial charge in [-0.25, -0.2) is 10.6 Å². The first-order chi connectivity index (χ1) is 6.32. The Hall–Kier alpha value is -1.30. The summed E-state index contributed by atoms with van der Waals surface area (Å²) in [6.07, 6.45) is -0.659. The van der Waals surface area contributed by atoms with E-state index in [1.807, 2.05) is 26.2 Å². The highest BCUT2D eigenvalue weighted by Crippen LogP contribution is 2.19. The molecule has 0 aromatic heterocycles. The summed E-state index contributed by atoms with van der Waals surface area (Å²) in [6, 6.07) is -0.722. The Kier molecular flexibility index (Phi) is 4.36. The maximum atomic E-state index is 11.3. The van der Waals surface area contributed by atoms with E-state index in [2.05, 4.69) is 10.1 Å². The smallest absolute Gasteiger partial charge is 0.407 e. The zero-order valence-electron chi connectivity index (χ0n) is 8.88. The van der Waals surface area contributed by atoms with Crippen molar-refractivity contribution in [1.82, 2.24) is 10.7 Å². The molecular formula is C8H17N3O3. The third-order valence-electron chi connectivity index (χ3n) is 1.72. The van der Waals surface area contributed by atoms with Crippen LogP contribution in [0.15, 0.2) is 0 Å². The lowest BCUT2D eigenvalue weighted by Crippen LogP contribution is -2.55. The minimum atomic E-state index is -0.722. The van der Waals surface area contributed by atoms with Crippen LogP contribution in [0, 0.1) is 5.41 Å². The first kappa shape index (κ1) is 12.7. The Morgan fingerprint density at radius 2 is 1.86 bits per heavy atom. The van der Waals surface area contributed by atoms with Crippen LogP contribution in [0.1, 0.15) is 20.8 Å². The Labute approximate surface area is 83.1 Å². The van der Waals surface area contributed by atoms with Gasteiger partial charge in [0.25, 0.3) is 5.91 Å². The van der Waals surface area contributed by atoms with E-state index in [0.717, 1.165) is 0 Å². The second kappa shape index (κ2) is 4.80. The highest BCUT2D eigenvalue weighted by Gasteiger charge is 2.32. The van der Waals surface area contributed by atoms with Crippen molar-refractivity contribution in [3.05, 3.63) is 0 Å². The van der Waals surface area contributed by atoms with Crippen molar-refractivity contribution in [3.63, 3.8) is 0 Å². The average Bonchev–Trinajstić information content (AvgIpc) is 2.10. The summed E-state index contributed by atoms with van der Waals surface area (Å²) in [5.41, 5.74) is 1.56. The van der Waals surface area contributed by atoms with Crippen LogP contribution >= 0.6 is 0 Å². The molecule has 0 aliphatic carbocycles. The quantitative estimate of drug-likeness (QED) is 0.327. The van der Waals surface area contributed by atoms with E-state index < -0.39 is 23.5 Å². The fourth-order valence-corrected chi connectivity index (χ4v) is 0.935. The summed E-state index contributed by atoms with van der Waals surface area (Å²) in [7, 11) is 1.23. The topological polar surface area (TPSA) is 93.4 Å². The largest absolute Gasteiger partial charge is 0.453 e. The van der Waals surface area contributed by atoms with E-state index in [-0.39, 0.29) is 0 Å². The van der Waals surface area contributed by atoms with Crippen LogP contribution in [-0.4, -0.2) is 25.2 Å². The van der Waals surface area contributed by atoms with Gasteiger partial charge in [-0.3, -0.25) is 10.2 Å². The van der Waals surface area contributed by atoms with Crippen LogP contribution < -0.4 is 16.6 Å². The van der Waals surface area contributed by atoms with Crippen LogP contribution in [-0.2, 0) is 9.53 Å². The van der Waals surface area contributed by atoms with E-state index in [9.17, 15) is 9.59 Å². The summed E-state index contributed by atoms with van der Waals surface area (Å²) in [6.45, 7) is 5.43. The van der Waals surface area contributed by atoms with Crippen molar-refractivity contribution in [2.75, 3.05) is 7.11 Å². The monoisotopic (exact) mass is 203 g/mol. The van der Waals surface area contributed by atoms with Crippen LogP contribution in [0.2, 0.25) is 0 Å². The molecule has 0 spiro atoms. The number of hydrogen-bond donors (Lipinski definition) is 3. The summed E-state index contributed by atoms with van der Waals surface area (Å²) < 4.78 is 4.40. The van der Waals surface area contributed by atoms with E-state index in [0.29, 0.717) is 0 Å². The van der Waals surface area contributed by atoms with E-state index >= 15 is 0 Å². The van der Waals surface area contributed by atoms with Crippen LogP contribution in [0.5, 0.6) is 0 Å². The van der Waals surface area contributed by atoms with Crippen molar-refractivity contribution >= 4 is 12.0 Å². The minimum Gasteiger partial charge on any atom is -0.453 e. The fraction of sp³-hybridized carbons (Fsp3) is 0.750. The molecule has 0 aliphatic heterocycles. The maximum absolute atomic E-state index is 11.3. The lowest BCUT2D eigenvalue weighted by molar-refractivity contribution is -0.125. The highest BCUT2D eigenvalue weighted by molar-refractivity contribution is 5.85. The molecule has 14 heavy (non-hydrogen) atoms. The lowest BCUT2D eigenvalue weighted by Gasteiger charge is -2.28. The molecule has 1 unspecified atom stereocenters. The molecule has 0 fully saturated rings. The van der Waals surface area contributed by atoms with Crippen LogP contribution in [0.25, 0.3) is 0 Å². The first-order valence-electron chi connectivity index (χ1n) is 4.18. The Morgan fingerprint density at radius 3 is 2.14 bits per heavy atom. The summed E-state index contributed by atoms with van der Waals surface area (Å²) >= 11 is 0. The van der Waals surface area contributed by atoms with E-state index in [1.165, 1.54) is 7.11 Å². The van der Waals surface area contributed by atoms with Gasteiger partial charge in [0.15, 0.2) is 0 Å². The Balaban J connectivity index is 4.58. The van der Waals surface area contributed by atoms with Gasteiger partial charge in [0.05, 0.1) is 7.11 Å². The Morgan fingerprint density at radius 1 is 1.36 bits per heavy atom. The summed E-state index contributed by atoms with van der Waals surface area (Å²) in [4.78, 5) is 22.2. The van der Waals surface area contributed by atoms with E-state index in [1.54, 1.807) is 0 Å². The number of hydrogen-bond acceptors (Lipinski definition) is 4. The molecule has 0 saturated heterocycles. The molecule has 0 aliphatic rings. The molecule has 0 radical (unpaired) electrons. The van der Waals surface area contributed by atoms with Crippen molar-refractivity contribution in [1.29, 1.82) is 0 Å². The molecule has 4 N–H and O–H groups in total. The van der Waals surface area contributed by atoms with Gasteiger partial charge in [-0.2, -0.15) is 0 Å². The molecule has 6 heteroatoms. The number of carbonyl (C=O) groups is 2. The molecule has 0 saturated carbocycles. The first-order valence-corrected chi connectivity index (χ1v) is 4.18. The minimum absolute atomic E-state index is 0.433. The number of ether oxygens (including phenoxy) is 1. The fourth-order valence-electron chi connectivity index (χ4n) is 0.935. The van der Waals surface area contributed by atoms with Gasteiger partial charge in [-0.1, -0.05) is 20.8 Å². The lowest BCUT2D eigenvalue weighted by atomic mass is 9.86. The van der Waals surface area contributed by atoms with Crippen LogP contribution in [0.3, 0.4) is 0 Å². The second-order valence-corrected chi connectivity index (χ2v) is 3.94. The average molecular weight is 203 g/mol. The maximum Gasteiger partial charge on any atom is 0.407 e. The molecule has 1 atom stereocenters. The van der Waals surface area contributed by atoms with Crippen molar-refractivity contribution in [2.45, 2.75) is 26.8 Å². The van der Waals surface area contributed by atoms with Gasteiger partial charge in [0.2, 0.25) is 0 Å². The molecule has 0 heterocycles. The number of hydrazine groups is 1. The predicted octanol–water partition coefficient (Wildman–Crippen LogP) is -0.253. The molecule has 0 aromatic carbocycles. The van der Waals surface area contributed by atoms with Crippen LogP contribution in [0.4, 0.5) is 4.79 Å². The van der Waals surface area contributed by atoms with Crippen molar-refractivity contribution in [3.8, 4) is 0 Å². The third-order valence-corrected chi connectivity index (χ3v) is 1.72. The molecule has 0 aromatic rings. The third kappa shape index (κ3) is 3.61. The van der Waals surface area contributed by atoms with Crippen molar-refractivity contribution < 1.29 is 14.3 Å². The van der Waals surface area contributed by atoms with Gasteiger partial charge < -0.3 is 10.1 Å². The summed E-state index contributed by atoms with van der Waals surface area (Å²) in [5.74, 6) is 4.54. The molecule has 82 valence electrons. The number of nitrogens with one attached hydrogen (secondary N) is 2. The zero-order chi connectivity index (χ0) is 11.4. The van der Waals surface area contributed by atoms with E-state index in [4.69, 9.17) is 5.84 Å². The van der Waals surface area contributed by atoms with Gasteiger partial charge in [-0.05, 0) is 5.41 Å². The Bertz CT molecular complexity index is 222. The van der Waals surface area contributed by atoms with Gasteiger partial charge in [0.1, 0.15) is 6.04 Å².